The van der Waals surface area contributed by atoms with E-state index in [1.807, 2.05) is 33.8 Å². The summed E-state index contributed by atoms with van der Waals surface area (Å²) in [4.78, 5) is 27.3. The van der Waals surface area contributed by atoms with Gasteiger partial charge in [0, 0.05) is 11.8 Å². The third kappa shape index (κ3) is 3.35. The highest BCUT2D eigenvalue weighted by atomic mass is 32.2. The van der Waals surface area contributed by atoms with Crippen LogP contribution in [0.2, 0.25) is 0 Å². The summed E-state index contributed by atoms with van der Waals surface area (Å²) in [6.45, 7) is 7.50. The van der Waals surface area contributed by atoms with Crippen LogP contribution in [-0.4, -0.2) is 36.8 Å². The van der Waals surface area contributed by atoms with Gasteiger partial charge in [0.2, 0.25) is 5.91 Å². The van der Waals surface area contributed by atoms with Crippen molar-refractivity contribution < 1.29 is 9.59 Å². The minimum absolute atomic E-state index is 0.0181. The number of urea groups is 1. The molecule has 0 spiro atoms. The molecule has 2 rings (SSSR count). The molecule has 0 bridgehead atoms. The van der Waals surface area contributed by atoms with Crippen LogP contribution >= 0.6 is 11.8 Å². The summed E-state index contributed by atoms with van der Waals surface area (Å²) in [6.07, 6.45) is 0. The van der Waals surface area contributed by atoms with E-state index in [-0.39, 0.29) is 5.92 Å². The van der Waals surface area contributed by atoms with Crippen molar-refractivity contribution in [1.82, 2.24) is 24.9 Å². The van der Waals surface area contributed by atoms with E-state index in [9.17, 15) is 9.59 Å². The normalized spacial score (nSPS) is 12.6. The Morgan fingerprint density at radius 1 is 1.32 bits per heavy atom. The lowest BCUT2D eigenvalue weighted by Crippen LogP contribution is -2.42. The lowest BCUT2D eigenvalue weighted by molar-refractivity contribution is -0.120. The molecule has 0 aliphatic heterocycles. The Kier molecular flexibility index (Phi) is 4.65. The molecule has 0 unspecified atom stereocenters. The summed E-state index contributed by atoms with van der Waals surface area (Å²) >= 11 is 1.23. The molecule has 3 N–H and O–H groups in total. The van der Waals surface area contributed by atoms with Gasteiger partial charge in [-0.25, -0.2) is 9.78 Å². The van der Waals surface area contributed by atoms with Gasteiger partial charge >= 0.3 is 6.03 Å². The predicted molar refractivity (Wildman–Crippen MR) is 82.5 cm³/mol. The van der Waals surface area contributed by atoms with Gasteiger partial charge in [-0.2, -0.15) is 0 Å². The quantitative estimate of drug-likeness (QED) is 0.813. The molecule has 0 saturated heterocycles. The zero-order valence-corrected chi connectivity index (χ0v) is 13.6. The molecule has 8 nitrogen and oxygen atoms in total. The second kappa shape index (κ2) is 6.30. The van der Waals surface area contributed by atoms with Gasteiger partial charge in [-0.15, -0.1) is 10.2 Å². The third-order valence-corrected chi connectivity index (χ3v) is 4.49. The van der Waals surface area contributed by atoms with Gasteiger partial charge in [0.15, 0.2) is 10.8 Å². The third-order valence-electron chi connectivity index (χ3n) is 3.00. The molecule has 2 aromatic heterocycles. The highest BCUT2D eigenvalue weighted by Crippen LogP contribution is 2.28. The molecule has 118 valence electrons. The molecule has 0 aliphatic rings. The van der Waals surface area contributed by atoms with Crippen molar-refractivity contribution in [1.29, 1.82) is 0 Å². The number of imide groups is 1. The topological polar surface area (TPSA) is 115 Å². The molecule has 0 aliphatic carbocycles. The van der Waals surface area contributed by atoms with Crippen LogP contribution in [0.4, 0.5) is 4.79 Å². The first-order valence-corrected chi connectivity index (χ1v) is 7.64. The minimum Gasteiger partial charge on any atom is -0.351 e. The van der Waals surface area contributed by atoms with E-state index < -0.39 is 17.2 Å². The lowest BCUT2D eigenvalue weighted by atomic mass is 10.1. The molecule has 22 heavy (non-hydrogen) atoms. The van der Waals surface area contributed by atoms with Crippen LogP contribution in [0.25, 0.3) is 5.65 Å². The number of carbonyl (C=O) groups is 2. The molecule has 2 heterocycles. The fourth-order valence-corrected chi connectivity index (χ4v) is 3.16. The number of hydrogen-bond acceptors (Lipinski definition) is 6. The van der Waals surface area contributed by atoms with Crippen LogP contribution in [0.3, 0.4) is 0 Å². The van der Waals surface area contributed by atoms with E-state index in [2.05, 4.69) is 20.5 Å². The zero-order chi connectivity index (χ0) is 16.4. The Morgan fingerprint density at radius 2 is 2.00 bits per heavy atom. The Bertz CT molecular complexity index is 727. The van der Waals surface area contributed by atoms with Crippen LogP contribution in [0.5, 0.6) is 0 Å². The second-order valence-corrected chi connectivity index (χ2v) is 6.37. The largest absolute Gasteiger partial charge is 0.351 e. The average Bonchev–Trinajstić information content (AvgIpc) is 2.77. The van der Waals surface area contributed by atoms with E-state index in [1.165, 1.54) is 11.8 Å². The highest BCUT2D eigenvalue weighted by molar-refractivity contribution is 8.00. The van der Waals surface area contributed by atoms with E-state index in [0.717, 1.165) is 11.5 Å². The van der Waals surface area contributed by atoms with Gasteiger partial charge in [0.1, 0.15) is 5.82 Å². The van der Waals surface area contributed by atoms with Crippen molar-refractivity contribution in [2.75, 3.05) is 0 Å². The Morgan fingerprint density at radius 3 is 2.59 bits per heavy atom. The van der Waals surface area contributed by atoms with Crippen LogP contribution in [0.1, 0.15) is 25.4 Å². The van der Waals surface area contributed by atoms with Gasteiger partial charge < -0.3 is 5.73 Å². The first kappa shape index (κ1) is 16.2. The fraction of sp³-hybridized carbons (Fsp3) is 0.462. The molecule has 2 aromatic rings. The van der Waals surface area contributed by atoms with E-state index in [4.69, 9.17) is 5.73 Å². The number of rotatable bonds is 4. The number of nitrogens with two attached hydrogens (primary N) is 1. The molecule has 3 amide bonds. The molecule has 0 aromatic carbocycles. The number of nitrogens with one attached hydrogen (secondary N) is 1. The lowest BCUT2D eigenvalue weighted by Gasteiger charge is -2.17. The number of nitrogens with zero attached hydrogens (tertiary/aromatic N) is 4. The smallest absolute Gasteiger partial charge is 0.318 e. The number of amides is 3. The van der Waals surface area contributed by atoms with Gasteiger partial charge in [-0.3, -0.25) is 14.5 Å². The number of thioether (sulfide) groups is 1. The summed E-state index contributed by atoms with van der Waals surface area (Å²) in [6, 6.07) is 0.952. The first-order valence-electron chi connectivity index (χ1n) is 6.76. The van der Waals surface area contributed by atoms with E-state index in [0.29, 0.717) is 10.8 Å². The van der Waals surface area contributed by atoms with Gasteiger partial charge in [-0.1, -0.05) is 25.6 Å². The predicted octanol–water partition coefficient (Wildman–Crippen LogP) is 1.05. The number of primary amides is 1. The molecule has 1 atom stereocenters. The standard InChI is InChI=1S/C13H18N6O2S/c1-6(2)10(11(20)16-12(14)21)22-13-18-17-9-5-7(3)15-8(4)19(9)13/h5-6,10H,1-4H3,(H3,14,16,20,21)/t10-/m0/s1. The van der Waals surface area contributed by atoms with E-state index in [1.54, 1.807) is 4.40 Å². The zero-order valence-electron chi connectivity index (χ0n) is 12.8. The summed E-state index contributed by atoms with van der Waals surface area (Å²) in [5.74, 6) is 0.276. The summed E-state index contributed by atoms with van der Waals surface area (Å²) in [5.41, 5.74) is 6.53. The Balaban J connectivity index is 2.35. The monoisotopic (exact) mass is 322 g/mol. The van der Waals surface area contributed by atoms with Gasteiger partial charge in [-0.05, 0) is 19.8 Å². The van der Waals surface area contributed by atoms with Crippen molar-refractivity contribution in [3.63, 3.8) is 0 Å². The van der Waals surface area contributed by atoms with Crippen LogP contribution < -0.4 is 11.1 Å². The molecular formula is C13H18N6O2S. The Labute approximate surface area is 131 Å². The van der Waals surface area contributed by atoms with Crippen molar-refractivity contribution in [2.45, 2.75) is 38.1 Å². The summed E-state index contributed by atoms with van der Waals surface area (Å²) in [7, 11) is 0. The molecule has 9 heteroatoms. The maximum absolute atomic E-state index is 12.1. The van der Waals surface area contributed by atoms with Crippen LogP contribution in [0, 0.1) is 19.8 Å². The SMILES string of the molecule is Cc1cc2nnc(S[C@H](C(=O)NC(N)=O)C(C)C)n2c(C)n1. The Hall–Kier alpha value is -2.16. The molecule has 0 fully saturated rings. The number of carbonyl (C=O) groups excluding carboxylic acids is 2. The van der Waals surface area contributed by atoms with Crippen molar-refractivity contribution >= 4 is 29.3 Å². The first-order chi connectivity index (χ1) is 10.3. The molecule has 0 saturated carbocycles. The summed E-state index contributed by atoms with van der Waals surface area (Å²) < 4.78 is 1.78. The minimum atomic E-state index is -0.865. The molecule has 0 radical (unpaired) electrons. The van der Waals surface area contributed by atoms with Crippen LogP contribution in [-0.2, 0) is 4.79 Å². The highest BCUT2D eigenvalue weighted by Gasteiger charge is 2.27. The second-order valence-electron chi connectivity index (χ2n) is 5.26. The maximum atomic E-state index is 12.1. The number of fused-ring (bicyclic) bond motifs is 1. The van der Waals surface area contributed by atoms with Crippen LogP contribution in [0.15, 0.2) is 11.2 Å². The van der Waals surface area contributed by atoms with Crippen molar-refractivity contribution in [3.05, 3.63) is 17.6 Å². The number of aryl methyl sites for hydroxylation is 2. The van der Waals surface area contributed by atoms with Crippen molar-refractivity contribution in [2.24, 2.45) is 11.7 Å². The van der Waals surface area contributed by atoms with Gasteiger partial charge in [0.05, 0.1) is 5.25 Å². The summed E-state index contributed by atoms with van der Waals surface area (Å²) in [5, 5.41) is 10.4. The fourth-order valence-electron chi connectivity index (χ4n) is 2.08. The maximum Gasteiger partial charge on any atom is 0.318 e. The number of aromatic nitrogens is 4. The van der Waals surface area contributed by atoms with Crippen molar-refractivity contribution in [3.8, 4) is 0 Å². The molecular weight excluding hydrogens is 304 g/mol. The number of hydrogen-bond donors (Lipinski definition) is 2. The van der Waals surface area contributed by atoms with E-state index >= 15 is 0 Å². The van der Waals surface area contributed by atoms with Gasteiger partial charge in [0.25, 0.3) is 0 Å². The average molecular weight is 322 g/mol.